The molecule has 1 saturated carbocycles. The van der Waals surface area contributed by atoms with Crippen molar-refractivity contribution in [3.8, 4) is 5.75 Å². The fourth-order valence-corrected chi connectivity index (χ4v) is 3.95. The number of nitrogens with one attached hydrogen (secondary N) is 3. The van der Waals surface area contributed by atoms with Crippen molar-refractivity contribution in [2.75, 3.05) is 17.7 Å². The molecule has 0 atom stereocenters. The molecule has 1 heterocycles. The quantitative estimate of drug-likeness (QED) is 0.648. The number of ether oxygens (including phenoxy) is 1. The van der Waals surface area contributed by atoms with Crippen LogP contribution in [0.15, 0.2) is 29.6 Å². The van der Waals surface area contributed by atoms with E-state index in [9.17, 15) is 9.59 Å². The van der Waals surface area contributed by atoms with Gasteiger partial charge < -0.3 is 15.4 Å². The number of thiazole rings is 1. The van der Waals surface area contributed by atoms with Gasteiger partial charge >= 0.3 is 6.03 Å². The molecule has 28 heavy (non-hydrogen) atoms. The zero-order chi connectivity index (χ0) is 19.8. The number of aromatic nitrogens is 1. The van der Waals surface area contributed by atoms with Crippen LogP contribution in [-0.2, 0) is 11.2 Å². The first-order valence-corrected chi connectivity index (χ1v) is 10.5. The Labute approximate surface area is 168 Å². The van der Waals surface area contributed by atoms with E-state index in [-0.39, 0.29) is 18.0 Å². The average Bonchev–Trinajstić information content (AvgIpc) is 3.14. The molecule has 0 saturated heterocycles. The Morgan fingerprint density at radius 3 is 2.82 bits per heavy atom. The van der Waals surface area contributed by atoms with E-state index in [0.29, 0.717) is 29.4 Å². The first-order valence-electron chi connectivity index (χ1n) is 9.58. The molecule has 3 amide bonds. The predicted octanol–water partition coefficient (Wildman–Crippen LogP) is 4.18. The van der Waals surface area contributed by atoms with E-state index in [1.54, 1.807) is 13.2 Å². The maximum Gasteiger partial charge on any atom is 0.321 e. The molecule has 1 aliphatic carbocycles. The molecule has 0 radical (unpaired) electrons. The van der Waals surface area contributed by atoms with Gasteiger partial charge in [-0.25, -0.2) is 9.78 Å². The van der Waals surface area contributed by atoms with Gasteiger partial charge in [0.25, 0.3) is 0 Å². The summed E-state index contributed by atoms with van der Waals surface area (Å²) >= 11 is 1.37. The Kier molecular flexibility index (Phi) is 7.25. The number of rotatable bonds is 7. The highest BCUT2D eigenvalue weighted by Gasteiger charge is 2.16. The molecule has 1 fully saturated rings. The summed E-state index contributed by atoms with van der Waals surface area (Å²) in [5.74, 6) is 0.602. The highest BCUT2D eigenvalue weighted by molar-refractivity contribution is 7.13. The molecule has 0 spiro atoms. The molecule has 3 rings (SSSR count). The lowest BCUT2D eigenvalue weighted by Gasteiger charge is -2.22. The van der Waals surface area contributed by atoms with Gasteiger partial charge in [0, 0.05) is 29.6 Å². The Bertz CT molecular complexity index is 802. The van der Waals surface area contributed by atoms with Crippen LogP contribution in [0.25, 0.3) is 0 Å². The fourth-order valence-electron chi connectivity index (χ4n) is 3.21. The van der Waals surface area contributed by atoms with Crippen molar-refractivity contribution in [2.24, 2.45) is 0 Å². The number of anilines is 2. The molecule has 7 nitrogen and oxygen atoms in total. The van der Waals surface area contributed by atoms with Crippen molar-refractivity contribution in [1.82, 2.24) is 10.3 Å². The number of methoxy groups -OCH3 is 1. The summed E-state index contributed by atoms with van der Waals surface area (Å²) in [4.78, 5) is 28.6. The number of aryl methyl sites for hydroxylation is 1. The summed E-state index contributed by atoms with van der Waals surface area (Å²) in [6.07, 6.45) is 6.50. The Morgan fingerprint density at radius 2 is 2.04 bits per heavy atom. The molecule has 1 aromatic carbocycles. The predicted molar refractivity (Wildman–Crippen MR) is 111 cm³/mol. The van der Waals surface area contributed by atoms with Crippen molar-refractivity contribution in [3.05, 3.63) is 35.3 Å². The van der Waals surface area contributed by atoms with Crippen molar-refractivity contribution < 1.29 is 14.3 Å². The molecule has 0 unspecified atom stereocenters. The van der Waals surface area contributed by atoms with E-state index in [4.69, 9.17) is 4.74 Å². The van der Waals surface area contributed by atoms with Gasteiger partial charge in [-0.05, 0) is 31.4 Å². The van der Waals surface area contributed by atoms with E-state index in [0.717, 1.165) is 18.5 Å². The van der Waals surface area contributed by atoms with Gasteiger partial charge in [-0.3, -0.25) is 10.1 Å². The third-order valence-electron chi connectivity index (χ3n) is 4.67. The largest absolute Gasteiger partial charge is 0.497 e. The lowest BCUT2D eigenvalue weighted by molar-refractivity contribution is -0.116. The van der Waals surface area contributed by atoms with Crippen molar-refractivity contribution in [3.63, 3.8) is 0 Å². The van der Waals surface area contributed by atoms with Crippen molar-refractivity contribution >= 4 is 34.1 Å². The number of amides is 3. The van der Waals surface area contributed by atoms with Crippen LogP contribution in [0, 0.1) is 0 Å². The van der Waals surface area contributed by atoms with Gasteiger partial charge in [-0.1, -0.05) is 25.3 Å². The first kappa shape index (κ1) is 20.1. The first-order chi connectivity index (χ1) is 13.6. The van der Waals surface area contributed by atoms with Crippen molar-refractivity contribution in [2.45, 2.75) is 51.0 Å². The highest BCUT2D eigenvalue weighted by Crippen LogP contribution is 2.20. The molecule has 0 aliphatic heterocycles. The van der Waals surface area contributed by atoms with Crippen LogP contribution >= 0.6 is 11.3 Å². The summed E-state index contributed by atoms with van der Waals surface area (Å²) in [7, 11) is 1.59. The minimum absolute atomic E-state index is 0.0918. The summed E-state index contributed by atoms with van der Waals surface area (Å²) < 4.78 is 5.15. The topological polar surface area (TPSA) is 92.4 Å². The number of hydrogen-bond acceptors (Lipinski definition) is 5. The molecule has 1 aliphatic rings. The van der Waals surface area contributed by atoms with Crippen LogP contribution in [0.1, 0.15) is 44.2 Å². The van der Waals surface area contributed by atoms with Crippen LogP contribution in [0.4, 0.5) is 15.6 Å². The van der Waals surface area contributed by atoms with Gasteiger partial charge in [0.1, 0.15) is 5.75 Å². The number of carbonyl (C=O) groups excluding carboxylic acids is 2. The van der Waals surface area contributed by atoms with E-state index in [2.05, 4.69) is 20.9 Å². The molecule has 8 heteroatoms. The zero-order valence-electron chi connectivity index (χ0n) is 16.0. The Hall–Kier alpha value is -2.61. The molecule has 1 aromatic heterocycles. The van der Waals surface area contributed by atoms with Crippen LogP contribution in [0.5, 0.6) is 5.75 Å². The molecule has 3 N–H and O–H groups in total. The smallest absolute Gasteiger partial charge is 0.321 e. The fraction of sp³-hybridized carbons (Fsp3) is 0.450. The van der Waals surface area contributed by atoms with Crippen LogP contribution in [-0.4, -0.2) is 30.1 Å². The maximum atomic E-state index is 12.1. The second-order valence-corrected chi connectivity index (χ2v) is 7.72. The Morgan fingerprint density at radius 1 is 1.21 bits per heavy atom. The molecular formula is C20H26N4O3S. The molecule has 0 bridgehead atoms. The third-order valence-corrected chi connectivity index (χ3v) is 5.48. The normalized spacial score (nSPS) is 14.3. The van der Waals surface area contributed by atoms with Gasteiger partial charge in [0.15, 0.2) is 5.13 Å². The van der Waals surface area contributed by atoms with Crippen molar-refractivity contribution in [1.29, 1.82) is 0 Å². The van der Waals surface area contributed by atoms with E-state index < -0.39 is 0 Å². The van der Waals surface area contributed by atoms with Crippen LogP contribution < -0.4 is 20.7 Å². The van der Waals surface area contributed by atoms with Gasteiger partial charge in [0.05, 0.1) is 12.8 Å². The molecule has 150 valence electrons. The summed E-state index contributed by atoms with van der Waals surface area (Å²) in [5.41, 5.74) is 1.49. The number of nitrogens with zero attached hydrogens (tertiary/aromatic N) is 1. The lowest BCUT2D eigenvalue weighted by atomic mass is 9.96. The number of hydrogen-bond donors (Lipinski definition) is 3. The minimum Gasteiger partial charge on any atom is -0.497 e. The van der Waals surface area contributed by atoms with Crippen LogP contribution in [0.3, 0.4) is 0 Å². The third kappa shape index (κ3) is 6.23. The average molecular weight is 403 g/mol. The summed E-state index contributed by atoms with van der Waals surface area (Å²) in [6, 6.07) is 7.29. The minimum atomic E-state index is -0.205. The Balaban J connectivity index is 1.42. The summed E-state index contributed by atoms with van der Waals surface area (Å²) in [6.45, 7) is 0. The van der Waals surface area contributed by atoms with Gasteiger partial charge in [-0.15, -0.1) is 11.3 Å². The summed E-state index contributed by atoms with van der Waals surface area (Å²) in [5, 5.41) is 11.1. The second kappa shape index (κ2) is 10.1. The van der Waals surface area contributed by atoms with Gasteiger partial charge in [-0.2, -0.15) is 0 Å². The second-order valence-electron chi connectivity index (χ2n) is 6.86. The zero-order valence-corrected chi connectivity index (χ0v) is 16.8. The van der Waals surface area contributed by atoms with E-state index in [1.807, 2.05) is 23.6 Å². The number of benzene rings is 1. The van der Waals surface area contributed by atoms with E-state index in [1.165, 1.54) is 30.6 Å². The van der Waals surface area contributed by atoms with Gasteiger partial charge in [0.2, 0.25) is 5.91 Å². The SMILES string of the molecule is COc1cccc(NC(=O)CCc2csc(NC(=O)NC3CCCCC3)n2)c1. The number of urea groups is 1. The monoisotopic (exact) mass is 402 g/mol. The lowest BCUT2D eigenvalue weighted by Crippen LogP contribution is -2.38. The standard InChI is InChI=1S/C20H26N4O3S/c1-27-17-9-5-8-15(12-17)21-18(25)11-10-16-13-28-20(23-16)24-19(26)22-14-6-3-2-4-7-14/h5,8-9,12-14H,2-4,6-7,10-11H2,1H3,(H,21,25)(H2,22,23,24,26). The van der Waals surface area contributed by atoms with Crippen LogP contribution in [0.2, 0.25) is 0 Å². The molecular weight excluding hydrogens is 376 g/mol. The number of carbonyl (C=O) groups is 2. The van der Waals surface area contributed by atoms with E-state index >= 15 is 0 Å². The molecule has 2 aromatic rings. The maximum absolute atomic E-state index is 12.1. The highest BCUT2D eigenvalue weighted by atomic mass is 32.1.